The molecule has 5 heteroatoms. The maximum atomic E-state index is 12.8. The van der Waals surface area contributed by atoms with E-state index in [-0.39, 0.29) is 5.91 Å². The summed E-state index contributed by atoms with van der Waals surface area (Å²) in [5.41, 5.74) is 3.45. The molecule has 0 aliphatic heterocycles. The Morgan fingerprint density at radius 1 is 1.17 bits per heavy atom. The Hall–Kier alpha value is -2.69. The van der Waals surface area contributed by atoms with Crippen molar-refractivity contribution < 1.29 is 4.79 Å². The van der Waals surface area contributed by atoms with Crippen LogP contribution in [-0.4, -0.2) is 38.8 Å². The van der Waals surface area contributed by atoms with Crippen molar-refractivity contribution in [2.75, 3.05) is 13.1 Å². The van der Waals surface area contributed by atoms with Crippen LogP contribution in [0.4, 0.5) is 0 Å². The third-order valence-corrected chi connectivity index (χ3v) is 3.81. The van der Waals surface area contributed by atoms with Crippen molar-refractivity contribution in [2.24, 2.45) is 0 Å². The number of hydrogen-bond donors (Lipinski definition) is 1. The van der Waals surface area contributed by atoms with Gasteiger partial charge in [-0.25, -0.2) is 4.98 Å². The Kier molecular flexibility index (Phi) is 4.66. The van der Waals surface area contributed by atoms with Crippen molar-refractivity contribution in [3.05, 3.63) is 60.2 Å². The molecular weight excluding hydrogens is 288 g/mol. The summed E-state index contributed by atoms with van der Waals surface area (Å²) in [5.74, 6) is 0.0549. The van der Waals surface area contributed by atoms with Crippen LogP contribution in [0.1, 0.15) is 29.4 Å². The highest BCUT2D eigenvalue weighted by Gasteiger charge is 2.16. The van der Waals surface area contributed by atoms with E-state index in [0.29, 0.717) is 12.1 Å². The number of carbonyl (C=O) groups excluding carboxylic acids is 1. The van der Waals surface area contributed by atoms with Gasteiger partial charge in [-0.15, -0.1) is 0 Å². The number of benzene rings is 1. The van der Waals surface area contributed by atoms with Gasteiger partial charge in [0.1, 0.15) is 0 Å². The van der Waals surface area contributed by atoms with Gasteiger partial charge in [-0.05, 0) is 36.8 Å². The van der Waals surface area contributed by atoms with Gasteiger partial charge in [-0.1, -0.05) is 13.0 Å². The SMILES string of the molecule is CCCN(CCc1ccccn1)C(=O)c1ccc2nc[nH]c2c1. The summed E-state index contributed by atoms with van der Waals surface area (Å²) in [4.78, 5) is 26.3. The Morgan fingerprint density at radius 2 is 2.09 bits per heavy atom. The topological polar surface area (TPSA) is 61.9 Å². The number of rotatable bonds is 6. The molecule has 0 fully saturated rings. The minimum atomic E-state index is 0.0549. The molecule has 0 spiro atoms. The number of aromatic amines is 1. The smallest absolute Gasteiger partial charge is 0.253 e. The molecular formula is C18H20N4O. The van der Waals surface area contributed by atoms with E-state index >= 15 is 0 Å². The first-order valence-corrected chi connectivity index (χ1v) is 7.90. The normalized spacial score (nSPS) is 10.8. The maximum Gasteiger partial charge on any atom is 0.253 e. The van der Waals surface area contributed by atoms with Crippen LogP contribution in [0.15, 0.2) is 48.9 Å². The van der Waals surface area contributed by atoms with Gasteiger partial charge >= 0.3 is 0 Å². The zero-order valence-corrected chi connectivity index (χ0v) is 13.2. The van der Waals surface area contributed by atoms with Crippen LogP contribution in [0.3, 0.4) is 0 Å². The molecule has 2 aromatic heterocycles. The Labute approximate surface area is 135 Å². The Morgan fingerprint density at radius 3 is 2.87 bits per heavy atom. The summed E-state index contributed by atoms with van der Waals surface area (Å²) in [6.45, 7) is 3.50. The van der Waals surface area contributed by atoms with Gasteiger partial charge in [0.25, 0.3) is 5.91 Å². The highest BCUT2D eigenvalue weighted by molar-refractivity contribution is 5.97. The molecule has 3 aromatic rings. The lowest BCUT2D eigenvalue weighted by Crippen LogP contribution is -2.33. The lowest BCUT2D eigenvalue weighted by molar-refractivity contribution is 0.0757. The summed E-state index contributed by atoms with van der Waals surface area (Å²) < 4.78 is 0. The average Bonchev–Trinajstić information content (AvgIpc) is 3.06. The fourth-order valence-corrected chi connectivity index (χ4v) is 2.63. The third-order valence-electron chi connectivity index (χ3n) is 3.81. The Bertz CT molecular complexity index is 782. The average molecular weight is 308 g/mol. The van der Waals surface area contributed by atoms with E-state index in [4.69, 9.17) is 0 Å². The summed E-state index contributed by atoms with van der Waals surface area (Å²) >= 11 is 0. The van der Waals surface area contributed by atoms with Crippen molar-refractivity contribution in [2.45, 2.75) is 19.8 Å². The molecule has 23 heavy (non-hydrogen) atoms. The van der Waals surface area contributed by atoms with Crippen molar-refractivity contribution in [3.8, 4) is 0 Å². The number of nitrogens with one attached hydrogen (secondary N) is 1. The number of pyridine rings is 1. The van der Waals surface area contributed by atoms with Gasteiger partial charge in [0.2, 0.25) is 0 Å². The highest BCUT2D eigenvalue weighted by Crippen LogP contribution is 2.14. The summed E-state index contributed by atoms with van der Waals surface area (Å²) in [6.07, 6.45) is 5.12. The van der Waals surface area contributed by atoms with Gasteiger partial charge in [-0.3, -0.25) is 9.78 Å². The molecule has 1 N–H and O–H groups in total. The molecule has 0 atom stereocenters. The van der Waals surface area contributed by atoms with Crippen LogP contribution in [0.5, 0.6) is 0 Å². The number of amides is 1. The standard InChI is InChI=1S/C18H20N4O/c1-2-10-22(11-8-15-5-3-4-9-19-15)18(23)14-6-7-16-17(12-14)21-13-20-16/h3-7,9,12-13H,2,8,10-11H2,1H3,(H,20,21). The lowest BCUT2D eigenvalue weighted by Gasteiger charge is -2.22. The second-order valence-electron chi connectivity index (χ2n) is 5.50. The minimum Gasteiger partial charge on any atom is -0.345 e. The minimum absolute atomic E-state index is 0.0549. The van der Waals surface area contributed by atoms with E-state index in [0.717, 1.165) is 36.1 Å². The molecule has 1 aromatic carbocycles. The zero-order chi connectivity index (χ0) is 16.1. The van der Waals surface area contributed by atoms with Crippen LogP contribution in [0, 0.1) is 0 Å². The van der Waals surface area contributed by atoms with E-state index in [1.165, 1.54) is 0 Å². The first kappa shape index (κ1) is 15.2. The zero-order valence-electron chi connectivity index (χ0n) is 13.2. The number of hydrogen-bond acceptors (Lipinski definition) is 3. The fraction of sp³-hybridized carbons (Fsp3) is 0.278. The van der Waals surface area contributed by atoms with Gasteiger partial charge in [0, 0.05) is 37.0 Å². The first-order chi connectivity index (χ1) is 11.3. The van der Waals surface area contributed by atoms with Gasteiger partial charge in [0.05, 0.1) is 17.4 Å². The quantitative estimate of drug-likeness (QED) is 0.761. The summed E-state index contributed by atoms with van der Waals surface area (Å²) in [6, 6.07) is 11.5. The number of fused-ring (bicyclic) bond motifs is 1. The molecule has 0 saturated carbocycles. The lowest BCUT2D eigenvalue weighted by atomic mass is 10.1. The van der Waals surface area contributed by atoms with Crippen LogP contribution in [0.25, 0.3) is 11.0 Å². The second kappa shape index (κ2) is 7.05. The molecule has 1 amide bonds. The number of nitrogens with zero attached hydrogens (tertiary/aromatic N) is 3. The second-order valence-corrected chi connectivity index (χ2v) is 5.50. The molecule has 5 nitrogen and oxygen atoms in total. The first-order valence-electron chi connectivity index (χ1n) is 7.90. The molecule has 3 rings (SSSR count). The van der Waals surface area contributed by atoms with Crippen molar-refractivity contribution in [1.82, 2.24) is 19.9 Å². The maximum absolute atomic E-state index is 12.8. The van der Waals surface area contributed by atoms with Gasteiger partial charge in [-0.2, -0.15) is 0 Å². The summed E-state index contributed by atoms with van der Waals surface area (Å²) in [5, 5.41) is 0. The molecule has 0 unspecified atom stereocenters. The fourth-order valence-electron chi connectivity index (χ4n) is 2.63. The number of H-pyrrole nitrogens is 1. The molecule has 2 heterocycles. The van der Waals surface area contributed by atoms with E-state index < -0.39 is 0 Å². The van der Waals surface area contributed by atoms with Crippen LogP contribution >= 0.6 is 0 Å². The molecule has 0 radical (unpaired) electrons. The van der Waals surface area contributed by atoms with E-state index in [2.05, 4.69) is 21.9 Å². The van der Waals surface area contributed by atoms with Gasteiger partial charge < -0.3 is 9.88 Å². The largest absolute Gasteiger partial charge is 0.345 e. The molecule has 0 bridgehead atoms. The Balaban J connectivity index is 1.74. The van der Waals surface area contributed by atoms with Crippen molar-refractivity contribution >= 4 is 16.9 Å². The number of carbonyl (C=O) groups is 1. The van der Waals surface area contributed by atoms with Gasteiger partial charge in [0.15, 0.2) is 0 Å². The van der Waals surface area contributed by atoms with E-state index in [1.807, 2.05) is 41.3 Å². The highest BCUT2D eigenvalue weighted by atomic mass is 16.2. The van der Waals surface area contributed by atoms with Crippen molar-refractivity contribution in [3.63, 3.8) is 0 Å². The molecule has 0 aliphatic carbocycles. The monoisotopic (exact) mass is 308 g/mol. The van der Waals surface area contributed by atoms with E-state index in [1.54, 1.807) is 12.5 Å². The molecule has 0 aliphatic rings. The van der Waals surface area contributed by atoms with E-state index in [9.17, 15) is 4.79 Å². The predicted molar refractivity (Wildman–Crippen MR) is 90.2 cm³/mol. The third kappa shape index (κ3) is 3.56. The van der Waals surface area contributed by atoms with Crippen LogP contribution in [0.2, 0.25) is 0 Å². The number of imidazole rings is 1. The molecule has 118 valence electrons. The van der Waals surface area contributed by atoms with Crippen LogP contribution < -0.4 is 0 Å². The predicted octanol–water partition coefficient (Wildman–Crippen LogP) is 3.05. The van der Waals surface area contributed by atoms with Crippen molar-refractivity contribution in [1.29, 1.82) is 0 Å². The number of aromatic nitrogens is 3. The summed E-state index contributed by atoms with van der Waals surface area (Å²) in [7, 11) is 0. The van der Waals surface area contributed by atoms with Crippen LogP contribution in [-0.2, 0) is 6.42 Å². The molecule has 0 saturated heterocycles.